The summed E-state index contributed by atoms with van der Waals surface area (Å²) in [4.78, 5) is 12.0. The second-order valence-corrected chi connectivity index (χ2v) is 5.35. The van der Waals surface area contributed by atoms with Crippen molar-refractivity contribution in [2.75, 3.05) is 0 Å². The van der Waals surface area contributed by atoms with Crippen molar-refractivity contribution in [3.63, 3.8) is 0 Å². The van der Waals surface area contributed by atoms with Crippen molar-refractivity contribution in [1.29, 1.82) is 0 Å². The number of carboxylic acids is 1. The van der Waals surface area contributed by atoms with Crippen molar-refractivity contribution in [2.45, 2.75) is 32.1 Å². The van der Waals surface area contributed by atoms with Gasteiger partial charge in [0.2, 0.25) is 0 Å². The van der Waals surface area contributed by atoms with Crippen molar-refractivity contribution in [3.05, 3.63) is 71.0 Å². The van der Waals surface area contributed by atoms with Gasteiger partial charge in [0.1, 0.15) is 5.82 Å². The van der Waals surface area contributed by atoms with E-state index in [2.05, 4.69) is 0 Å². The van der Waals surface area contributed by atoms with Crippen LogP contribution in [0.4, 0.5) is 4.39 Å². The Balaban J connectivity index is 2.51. The molecule has 0 aromatic heterocycles. The number of hydrogen-bond donors (Lipinski definition) is 1. The fourth-order valence-corrected chi connectivity index (χ4v) is 2.69. The van der Waals surface area contributed by atoms with Crippen LogP contribution in [0.3, 0.4) is 0 Å². The van der Waals surface area contributed by atoms with Gasteiger partial charge in [-0.2, -0.15) is 0 Å². The number of halogens is 1. The first kappa shape index (κ1) is 15.2. The maximum atomic E-state index is 13.5. The summed E-state index contributed by atoms with van der Waals surface area (Å²) in [5.74, 6) is -1.21. The third kappa shape index (κ3) is 2.97. The van der Waals surface area contributed by atoms with Crippen LogP contribution in [0.1, 0.15) is 30.0 Å². The lowest BCUT2D eigenvalue weighted by molar-refractivity contribution is -0.144. The van der Waals surface area contributed by atoms with Gasteiger partial charge >= 0.3 is 5.97 Å². The van der Waals surface area contributed by atoms with E-state index in [-0.39, 0.29) is 12.2 Å². The first-order valence-electron chi connectivity index (χ1n) is 7.03. The molecule has 2 nitrogen and oxygen atoms in total. The first-order valence-corrected chi connectivity index (χ1v) is 7.03. The third-order valence-electron chi connectivity index (χ3n) is 4.14. The fraction of sp³-hybridized carbons (Fsp3) is 0.278. The quantitative estimate of drug-likeness (QED) is 0.898. The highest BCUT2D eigenvalue weighted by Gasteiger charge is 2.39. The Morgan fingerprint density at radius 3 is 2.43 bits per heavy atom. The predicted molar refractivity (Wildman–Crippen MR) is 80.9 cm³/mol. The largest absolute Gasteiger partial charge is 0.481 e. The zero-order valence-electron chi connectivity index (χ0n) is 12.3. The van der Waals surface area contributed by atoms with Gasteiger partial charge < -0.3 is 5.11 Å². The van der Waals surface area contributed by atoms with Crippen molar-refractivity contribution in [2.24, 2.45) is 0 Å². The van der Waals surface area contributed by atoms with E-state index in [4.69, 9.17) is 0 Å². The number of aryl methyl sites for hydroxylation is 1. The Kier molecular flexibility index (Phi) is 4.41. The number of carboxylic acid groups (broad SMARTS) is 1. The number of rotatable bonds is 5. The van der Waals surface area contributed by atoms with Crippen molar-refractivity contribution < 1.29 is 14.3 Å². The summed E-state index contributed by atoms with van der Waals surface area (Å²) in [6.07, 6.45) is 0.731. The highest BCUT2D eigenvalue weighted by Crippen LogP contribution is 2.33. The van der Waals surface area contributed by atoms with Crippen LogP contribution >= 0.6 is 0 Å². The van der Waals surface area contributed by atoms with E-state index in [1.54, 1.807) is 6.07 Å². The smallest absolute Gasteiger partial charge is 0.314 e. The molecule has 2 rings (SSSR count). The summed E-state index contributed by atoms with van der Waals surface area (Å²) in [5.41, 5.74) is 1.37. The molecule has 1 unspecified atom stereocenters. The van der Waals surface area contributed by atoms with Gasteiger partial charge in [0.05, 0.1) is 5.41 Å². The normalized spacial score (nSPS) is 13.7. The summed E-state index contributed by atoms with van der Waals surface area (Å²) >= 11 is 0. The van der Waals surface area contributed by atoms with E-state index in [1.165, 1.54) is 12.1 Å². The van der Waals surface area contributed by atoms with Crippen LogP contribution in [-0.2, 0) is 16.6 Å². The van der Waals surface area contributed by atoms with Gasteiger partial charge in [0.25, 0.3) is 0 Å². The number of benzene rings is 2. The second-order valence-electron chi connectivity index (χ2n) is 5.35. The van der Waals surface area contributed by atoms with Crippen molar-refractivity contribution in [3.8, 4) is 0 Å². The summed E-state index contributed by atoms with van der Waals surface area (Å²) < 4.78 is 13.5. The van der Waals surface area contributed by atoms with Crippen LogP contribution in [0.5, 0.6) is 0 Å². The van der Waals surface area contributed by atoms with Gasteiger partial charge in [-0.25, -0.2) is 4.39 Å². The Morgan fingerprint density at radius 2 is 1.86 bits per heavy atom. The van der Waals surface area contributed by atoms with Gasteiger partial charge in [-0.15, -0.1) is 0 Å². The maximum Gasteiger partial charge on any atom is 0.314 e. The summed E-state index contributed by atoms with van der Waals surface area (Å²) in [7, 11) is 0. The van der Waals surface area contributed by atoms with Crippen molar-refractivity contribution >= 4 is 5.97 Å². The van der Waals surface area contributed by atoms with Gasteiger partial charge in [-0.05, 0) is 48.6 Å². The molecule has 1 N–H and O–H groups in total. The first-order chi connectivity index (χ1) is 9.99. The molecule has 0 aliphatic carbocycles. The number of carbonyl (C=O) groups is 1. The molecule has 2 aromatic carbocycles. The van der Waals surface area contributed by atoms with Crippen LogP contribution in [0.2, 0.25) is 0 Å². The van der Waals surface area contributed by atoms with E-state index >= 15 is 0 Å². The molecule has 0 radical (unpaired) electrons. The Labute approximate surface area is 124 Å². The highest BCUT2D eigenvalue weighted by atomic mass is 19.1. The Morgan fingerprint density at radius 1 is 1.19 bits per heavy atom. The molecule has 3 heteroatoms. The molecule has 0 heterocycles. The molecular formula is C18H19FO2. The summed E-state index contributed by atoms with van der Waals surface area (Å²) in [6, 6.07) is 13.7. The molecule has 0 aliphatic heterocycles. The average molecular weight is 286 g/mol. The molecule has 2 aromatic rings. The van der Waals surface area contributed by atoms with Crippen LogP contribution in [0.15, 0.2) is 48.5 Å². The lowest BCUT2D eigenvalue weighted by Crippen LogP contribution is -2.37. The second kappa shape index (κ2) is 6.08. The van der Waals surface area contributed by atoms with E-state index in [9.17, 15) is 14.3 Å². The molecule has 1 atom stereocenters. The molecule has 0 bridgehead atoms. The predicted octanol–water partition coefficient (Wildman–Crippen LogP) is 4.11. The lowest BCUT2D eigenvalue weighted by atomic mass is 9.73. The molecule has 0 spiro atoms. The van der Waals surface area contributed by atoms with Gasteiger partial charge in [0, 0.05) is 0 Å². The van der Waals surface area contributed by atoms with Gasteiger partial charge in [0.15, 0.2) is 0 Å². The zero-order chi connectivity index (χ0) is 15.5. The monoisotopic (exact) mass is 286 g/mol. The third-order valence-corrected chi connectivity index (χ3v) is 4.14. The van der Waals surface area contributed by atoms with Crippen LogP contribution in [0.25, 0.3) is 0 Å². The molecular weight excluding hydrogens is 267 g/mol. The zero-order valence-corrected chi connectivity index (χ0v) is 12.3. The minimum atomic E-state index is -1.03. The average Bonchev–Trinajstić information content (AvgIpc) is 2.49. The molecule has 0 saturated carbocycles. The molecule has 21 heavy (non-hydrogen) atoms. The number of aliphatic carboxylic acids is 1. The molecule has 0 saturated heterocycles. The maximum absolute atomic E-state index is 13.5. The van der Waals surface area contributed by atoms with Crippen LogP contribution in [-0.4, -0.2) is 11.1 Å². The molecule has 110 valence electrons. The fourth-order valence-electron chi connectivity index (χ4n) is 2.69. The molecule has 0 amide bonds. The Bertz CT molecular complexity index is 637. The van der Waals surface area contributed by atoms with Gasteiger partial charge in [-0.3, -0.25) is 4.79 Å². The SMILES string of the molecule is CCC(Cc1cc(F)ccc1C)(C(=O)O)c1ccccc1. The standard InChI is InChI=1S/C18H19FO2/c1-3-18(17(20)21,15-7-5-4-6-8-15)12-14-11-16(19)10-9-13(14)2/h4-11H,3,12H2,1-2H3,(H,20,21). The lowest BCUT2D eigenvalue weighted by Gasteiger charge is -2.29. The van der Waals surface area contributed by atoms with Crippen LogP contribution in [0, 0.1) is 12.7 Å². The van der Waals surface area contributed by atoms with E-state index in [1.807, 2.05) is 44.2 Å². The van der Waals surface area contributed by atoms with E-state index in [0.717, 1.165) is 16.7 Å². The highest BCUT2D eigenvalue weighted by molar-refractivity contribution is 5.82. The van der Waals surface area contributed by atoms with E-state index in [0.29, 0.717) is 6.42 Å². The topological polar surface area (TPSA) is 37.3 Å². The van der Waals surface area contributed by atoms with Crippen LogP contribution < -0.4 is 0 Å². The summed E-state index contributed by atoms with van der Waals surface area (Å²) in [6.45, 7) is 3.73. The minimum absolute atomic E-state index is 0.284. The van der Waals surface area contributed by atoms with E-state index < -0.39 is 11.4 Å². The molecule has 0 fully saturated rings. The summed E-state index contributed by atoms with van der Waals surface area (Å²) in [5, 5.41) is 9.80. The van der Waals surface area contributed by atoms with Crippen molar-refractivity contribution in [1.82, 2.24) is 0 Å². The molecule has 0 aliphatic rings. The van der Waals surface area contributed by atoms with Gasteiger partial charge in [-0.1, -0.05) is 43.3 Å². The minimum Gasteiger partial charge on any atom is -0.481 e. The number of hydrogen-bond acceptors (Lipinski definition) is 1. The Hall–Kier alpha value is -2.16.